The van der Waals surface area contributed by atoms with E-state index in [1.165, 1.54) is 4.88 Å². The van der Waals surface area contributed by atoms with Gasteiger partial charge >= 0.3 is 0 Å². The van der Waals surface area contributed by atoms with E-state index in [9.17, 15) is 4.79 Å². The maximum Gasteiger partial charge on any atom is 0.225 e. The third-order valence-electron chi connectivity index (χ3n) is 3.06. The molecule has 1 aromatic rings. The van der Waals surface area contributed by atoms with Crippen molar-refractivity contribution in [1.29, 1.82) is 0 Å². The predicted octanol–water partition coefficient (Wildman–Crippen LogP) is 3.58. The van der Waals surface area contributed by atoms with Gasteiger partial charge in [-0.2, -0.15) is 0 Å². The Labute approximate surface area is 171 Å². The minimum Gasteiger partial charge on any atom is -0.357 e. The van der Waals surface area contributed by atoms with E-state index < -0.39 is 0 Å². The first-order valence-corrected chi connectivity index (χ1v) is 8.95. The van der Waals surface area contributed by atoms with Crippen LogP contribution in [0.1, 0.15) is 32.6 Å². The third kappa shape index (κ3) is 8.53. The molecule has 8 heteroatoms. The van der Waals surface area contributed by atoms with Crippen molar-refractivity contribution in [3.05, 3.63) is 21.3 Å². The Bertz CT molecular complexity index is 542. The molecule has 2 N–H and O–H groups in total. The highest BCUT2D eigenvalue weighted by atomic mass is 127. The first-order chi connectivity index (χ1) is 10.7. The van der Waals surface area contributed by atoms with E-state index >= 15 is 0 Å². The normalized spacial score (nSPS) is 11.7. The van der Waals surface area contributed by atoms with Crippen molar-refractivity contribution in [3.63, 3.8) is 0 Å². The van der Waals surface area contributed by atoms with E-state index in [2.05, 4.69) is 20.5 Å². The van der Waals surface area contributed by atoms with E-state index in [1.54, 1.807) is 11.3 Å². The van der Waals surface area contributed by atoms with Gasteiger partial charge in [0.25, 0.3) is 0 Å². The fourth-order valence-electron chi connectivity index (χ4n) is 1.81. The molecule has 0 saturated carbocycles. The van der Waals surface area contributed by atoms with E-state index in [4.69, 9.17) is 11.6 Å². The highest BCUT2D eigenvalue weighted by Gasteiger charge is 2.20. The van der Waals surface area contributed by atoms with Gasteiger partial charge in [0, 0.05) is 30.4 Å². The Hall–Kier alpha value is -0.540. The van der Waals surface area contributed by atoms with Crippen LogP contribution in [0.15, 0.2) is 17.1 Å². The van der Waals surface area contributed by atoms with Gasteiger partial charge in [0.15, 0.2) is 5.96 Å². The number of halogens is 2. The van der Waals surface area contributed by atoms with Crippen LogP contribution in [-0.2, 0) is 11.3 Å². The fourth-order valence-corrected chi connectivity index (χ4v) is 2.95. The van der Waals surface area contributed by atoms with Crippen molar-refractivity contribution in [1.82, 2.24) is 15.5 Å². The van der Waals surface area contributed by atoms with Crippen LogP contribution in [0.3, 0.4) is 0 Å². The van der Waals surface area contributed by atoms with Gasteiger partial charge in [-0.3, -0.25) is 9.79 Å². The number of nitrogens with one attached hydrogen (secondary N) is 2. The van der Waals surface area contributed by atoms with E-state index in [0.29, 0.717) is 13.1 Å². The average Bonchev–Trinajstić information content (AvgIpc) is 2.86. The summed E-state index contributed by atoms with van der Waals surface area (Å²) in [7, 11) is 1.99. The number of hydrogen-bond donors (Lipinski definition) is 2. The van der Waals surface area contributed by atoms with Crippen LogP contribution in [0.5, 0.6) is 0 Å². The first-order valence-electron chi connectivity index (χ1n) is 7.76. The monoisotopic (exact) mass is 486 g/mol. The molecule has 1 aromatic heterocycles. The predicted molar refractivity (Wildman–Crippen MR) is 115 cm³/mol. The molecule has 0 spiro atoms. The zero-order valence-corrected chi connectivity index (χ0v) is 18.9. The number of amides is 1. The Balaban J connectivity index is 0.00000529. The molecular formula is C16H28ClIN4OS. The number of aliphatic imine (C=N–C) groups is 1. The summed E-state index contributed by atoms with van der Waals surface area (Å²) in [5.41, 5.74) is -0.372. The summed E-state index contributed by atoms with van der Waals surface area (Å²) in [5, 5.41) is 6.17. The van der Waals surface area contributed by atoms with Gasteiger partial charge in [-0.05, 0) is 19.1 Å². The summed E-state index contributed by atoms with van der Waals surface area (Å²) in [5.74, 6) is 0.862. The number of guanidine groups is 1. The largest absolute Gasteiger partial charge is 0.357 e. The first kappa shape index (κ1) is 23.5. The lowest BCUT2D eigenvalue weighted by Gasteiger charge is -2.21. The van der Waals surface area contributed by atoms with Gasteiger partial charge in [0.1, 0.15) is 0 Å². The van der Waals surface area contributed by atoms with E-state index in [-0.39, 0.29) is 35.3 Å². The number of nitrogens with zero attached hydrogens (tertiary/aromatic N) is 2. The molecule has 0 aliphatic rings. The van der Waals surface area contributed by atoms with Crippen LogP contribution < -0.4 is 10.6 Å². The Morgan fingerprint density at radius 2 is 2.00 bits per heavy atom. The molecule has 1 rings (SSSR count). The quantitative estimate of drug-likeness (QED) is 0.280. The van der Waals surface area contributed by atoms with Crippen LogP contribution in [0.2, 0.25) is 4.34 Å². The van der Waals surface area contributed by atoms with Gasteiger partial charge in [-0.25, -0.2) is 0 Å². The summed E-state index contributed by atoms with van der Waals surface area (Å²) < 4.78 is 0.792. The van der Waals surface area contributed by atoms with Crippen LogP contribution >= 0.6 is 46.9 Å². The lowest BCUT2D eigenvalue weighted by Crippen LogP contribution is -2.40. The Morgan fingerprint density at radius 3 is 2.50 bits per heavy atom. The minimum absolute atomic E-state index is 0. The highest BCUT2D eigenvalue weighted by Crippen LogP contribution is 2.22. The smallest absolute Gasteiger partial charge is 0.225 e. The molecule has 0 unspecified atom stereocenters. The molecule has 0 atom stereocenters. The SMILES string of the molecule is CCNC(=NCCNC(=O)C(C)(C)C)N(C)Cc1ccc(Cl)s1.I. The molecule has 138 valence electrons. The Kier molecular flexibility index (Phi) is 10.9. The topological polar surface area (TPSA) is 56.7 Å². The molecule has 0 aliphatic carbocycles. The molecule has 1 amide bonds. The second-order valence-corrected chi connectivity index (χ2v) is 8.10. The lowest BCUT2D eigenvalue weighted by atomic mass is 9.96. The second-order valence-electron chi connectivity index (χ2n) is 6.30. The van der Waals surface area contributed by atoms with Crippen molar-refractivity contribution in [2.45, 2.75) is 34.2 Å². The van der Waals surface area contributed by atoms with Gasteiger partial charge in [0.2, 0.25) is 5.91 Å². The molecular weight excluding hydrogens is 459 g/mol. The van der Waals surface area contributed by atoms with Crippen LogP contribution in [0, 0.1) is 5.41 Å². The van der Waals surface area contributed by atoms with Crippen LogP contribution in [-0.4, -0.2) is 43.4 Å². The molecule has 5 nitrogen and oxygen atoms in total. The number of hydrogen-bond acceptors (Lipinski definition) is 3. The lowest BCUT2D eigenvalue weighted by molar-refractivity contribution is -0.128. The summed E-state index contributed by atoms with van der Waals surface area (Å²) in [6.07, 6.45) is 0. The maximum atomic E-state index is 11.8. The molecule has 0 aromatic carbocycles. The average molecular weight is 487 g/mol. The van der Waals surface area contributed by atoms with E-state index in [1.807, 2.05) is 46.9 Å². The van der Waals surface area contributed by atoms with Gasteiger partial charge in [-0.15, -0.1) is 35.3 Å². The van der Waals surface area contributed by atoms with Crippen molar-refractivity contribution < 1.29 is 4.79 Å². The van der Waals surface area contributed by atoms with Crippen molar-refractivity contribution in [2.24, 2.45) is 10.4 Å². The minimum atomic E-state index is -0.372. The number of thiophene rings is 1. The van der Waals surface area contributed by atoms with Crippen molar-refractivity contribution >= 4 is 58.8 Å². The molecule has 0 radical (unpaired) electrons. The summed E-state index contributed by atoms with van der Waals surface area (Å²) in [6, 6.07) is 3.93. The van der Waals surface area contributed by atoms with Crippen LogP contribution in [0.25, 0.3) is 0 Å². The highest BCUT2D eigenvalue weighted by molar-refractivity contribution is 14.0. The van der Waals surface area contributed by atoms with E-state index in [0.717, 1.165) is 23.4 Å². The fraction of sp³-hybridized carbons (Fsp3) is 0.625. The molecule has 0 aliphatic heterocycles. The second kappa shape index (κ2) is 11.1. The molecule has 0 bridgehead atoms. The number of rotatable bonds is 6. The van der Waals surface area contributed by atoms with Gasteiger partial charge < -0.3 is 15.5 Å². The van der Waals surface area contributed by atoms with Crippen molar-refractivity contribution in [3.8, 4) is 0 Å². The maximum absolute atomic E-state index is 11.8. The van der Waals surface area contributed by atoms with Crippen LogP contribution in [0.4, 0.5) is 0 Å². The standard InChI is InChI=1S/C16H27ClN4OS.HI/c1-6-18-15(20-10-9-19-14(22)16(2,3)4)21(5)11-12-7-8-13(17)23-12;/h7-8H,6,9-11H2,1-5H3,(H,18,20)(H,19,22);1H. The number of carbonyl (C=O) groups excluding carboxylic acids is 1. The zero-order valence-electron chi connectivity index (χ0n) is 15.0. The summed E-state index contributed by atoms with van der Waals surface area (Å²) >= 11 is 7.54. The zero-order chi connectivity index (χ0) is 17.5. The molecule has 1 heterocycles. The summed E-state index contributed by atoms with van der Waals surface area (Å²) in [6.45, 7) is 10.3. The van der Waals surface area contributed by atoms with Crippen molar-refractivity contribution in [2.75, 3.05) is 26.7 Å². The van der Waals surface area contributed by atoms with Gasteiger partial charge in [0.05, 0.1) is 17.4 Å². The van der Waals surface area contributed by atoms with Gasteiger partial charge in [-0.1, -0.05) is 32.4 Å². The number of carbonyl (C=O) groups is 1. The molecule has 24 heavy (non-hydrogen) atoms. The Morgan fingerprint density at radius 1 is 1.33 bits per heavy atom. The molecule has 0 saturated heterocycles. The molecule has 0 fully saturated rings. The summed E-state index contributed by atoms with van der Waals surface area (Å²) in [4.78, 5) is 19.6. The third-order valence-corrected chi connectivity index (χ3v) is 4.27.